The van der Waals surface area contributed by atoms with Crippen molar-refractivity contribution in [3.05, 3.63) is 30.1 Å². The second kappa shape index (κ2) is 4.96. The number of nitrogens with zero attached hydrogens (tertiary/aromatic N) is 2. The Hall–Kier alpha value is -1.89. The zero-order chi connectivity index (χ0) is 12.3. The van der Waals surface area contributed by atoms with Crippen LogP contribution in [0.4, 0.5) is 4.39 Å². The molecule has 7 heteroatoms. The third-order valence-electron chi connectivity index (χ3n) is 1.94. The van der Waals surface area contributed by atoms with Gasteiger partial charge < -0.3 is 5.73 Å². The van der Waals surface area contributed by atoms with Gasteiger partial charge in [0, 0.05) is 0 Å². The lowest BCUT2D eigenvalue weighted by molar-refractivity contribution is -0.115. The number of nitrogens with one attached hydrogen (secondary N) is 1. The molecule has 0 saturated heterocycles. The van der Waals surface area contributed by atoms with Gasteiger partial charge >= 0.3 is 0 Å². The molecule has 1 aromatic heterocycles. The summed E-state index contributed by atoms with van der Waals surface area (Å²) in [6.07, 6.45) is 0. The highest BCUT2D eigenvalue weighted by molar-refractivity contribution is 7.99. The van der Waals surface area contributed by atoms with Crippen LogP contribution < -0.4 is 5.73 Å². The maximum absolute atomic E-state index is 13.4. The van der Waals surface area contributed by atoms with Gasteiger partial charge in [0.15, 0.2) is 5.82 Å². The van der Waals surface area contributed by atoms with Gasteiger partial charge in [-0.1, -0.05) is 23.9 Å². The lowest BCUT2D eigenvalue weighted by Gasteiger charge is -1.96. The minimum absolute atomic E-state index is 0.0918. The Kier molecular flexibility index (Phi) is 3.38. The van der Waals surface area contributed by atoms with E-state index < -0.39 is 5.91 Å². The number of thioether (sulfide) groups is 1. The Balaban J connectivity index is 2.18. The van der Waals surface area contributed by atoms with Crippen LogP contribution in [-0.2, 0) is 4.79 Å². The van der Waals surface area contributed by atoms with Crippen molar-refractivity contribution < 1.29 is 9.18 Å². The van der Waals surface area contributed by atoms with E-state index in [0.29, 0.717) is 16.5 Å². The van der Waals surface area contributed by atoms with E-state index in [1.54, 1.807) is 18.2 Å². The first-order valence-electron chi connectivity index (χ1n) is 4.75. The van der Waals surface area contributed by atoms with E-state index in [4.69, 9.17) is 5.73 Å². The maximum atomic E-state index is 13.4. The molecule has 0 saturated carbocycles. The molecule has 1 heterocycles. The monoisotopic (exact) mass is 252 g/mol. The summed E-state index contributed by atoms with van der Waals surface area (Å²) < 4.78 is 13.4. The lowest BCUT2D eigenvalue weighted by atomic mass is 10.2. The average molecular weight is 252 g/mol. The van der Waals surface area contributed by atoms with E-state index in [9.17, 15) is 9.18 Å². The van der Waals surface area contributed by atoms with Crippen LogP contribution in [-0.4, -0.2) is 26.8 Å². The van der Waals surface area contributed by atoms with Crippen molar-refractivity contribution in [1.29, 1.82) is 0 Å². The number of amides is 1. The van der Waals surface area contributed by atoms with Crippen molar-refractivity contribution in [3.8, 4) is 11.4 Å². The summed E-state index contributed by atoms with van der Waals surface area (Å²) in [5.41, 5.74) is 5.34. The molecule has 0 atom stereocenters. The number of hydrogen-bond acceptors (Lipinski definition) is 4. The number of halogens is 1. The number of aromatic amines is 1. The van der Waals surface area contributed by atoms with Crippen LogP contribution in [0.5, 0.6) is 0 Å². The first-order valence-corrected chi connectivity index (χ1v) is 5.74. The molecule has 0 radical (unpaired) electrons. The normalized spacial score (nSPS) is 10.4. The fourth-order valence-corrected chi connectivity index (χ4v) is 1.76. The molecule has 0 unspecified atom stereocenters. The van der Waals surface area contributed by atoms with Gasteiger partial charge in [-0.3, -0.25) is 9.89 Å². The summed E-state index contributed by atoms with van der Waals surface area (Å²) in [7, 11) is 0. The van der Waals surface area contributed by atoms with E-state index in [-0.39, 0.29) is 11.6 Å². The van der Waals surface area contributed by atoms with Crippen LogP contribution in [0, 0.1) is 5.82 Å². The number of hydrogen-bond donors (Lipinski definition) is 2. The van der Waals surface area contributed by atoms with E-state index in [2.05, 4.69) is 15.2 Å². The summed E-state index contributed by atoms with van der Waals surface area (Å²) in [5, 5.41) is 6.83. The van der Waals surface area contributed by atoms with Crippen LogP contribution >= 0.6 is 11.8 Å². The highest BCUT2D eigenvalue weighted by Gasteiger charge is 2.10. The molecule has 5 nitrogen and oxygen atoms in total. The Morgan fingerprint density at radius 3 is 2.94 bits per heavy atom. The molecule has 2 rings (SSSR count). The average Bonchev–Trinajstić information content (AvgIpc) is 2.75. The predicted octanol–water partition coefficient (Wildman–Crippen LogP) is 1.19. The number of H-pyrrole nitrogens is 1. The van der Waals surface area contributed by atoms with Gasteiger partial charge in [0.2, 0.25) is 11.1 Å². The van der Waals surface area contributed by atoms with Crippen molar-refractivity contribution in [2.75, 3.05) is 5.75 Å². The number of primary amides is 1. The van der Waals surface area contributed by atoms with E-state index >= 15 is 0 Å². The molecular weight excluding hydrogens is 243 g/mol. The van der Waals surface area contributed by atoms with Gasteiger partial charge in [-0.2, -0.15) is 0 Å². The quantitative estimate of drug-likeness (QED) is 0.800. The van der Waals surface area contributed by atoms with Crippen molar-refractivity contribution in [2.24, 2.45) is 5.73 Å². The highest BCUT2D eigenvalue weighted by Crippen LogP contribution is 2.21. The van der Waals surface area contributed by atoms with Crippen molar-refractivity contribution in [3.63, 3.8) is 0 Å². The molecule has 2 aromatic rings. The fourth-order valence-electron chi connectivity index (χ4n) is 1.22. The molecule has 1 amide bonds. The Labute approximate surface area is 101 Å². The third-order valence-corrected chi connectivity index (χ3v) is 2.81. The van der Waals surface area contributed by atoms with Gasteiger partial charge in [-0.25, -0.2) is 9.37 Å². The largest absolute Gasteiger partial charge is 0.369 e. The topological polar surface area (TPSA) is 84.7 Å². The van der Waals surface area contributed by atoms with Gasteiger partial charge in [0.05, 0.1) is 11.3 Å². The number of benzene rings is 1. The van der Waals surface area contributed by atoms with E-state index in [0.717, 1.165) is 11.8 Å². The minimum Gasteiger partial charge on any atom is -0.369 e. The van der Waals surface area contributed by atoms with Crippen LogP contribution in [0.25, 0.3) is 11.4 Å². The molecule has 0 aliphatic rings. The zero-order valence-electron chi connectivity index (χ0n) is 8.68. The summed E-state index contributed by atoms with van der Waals surface area (Å²) >= 11 is 1.10. The van der Waals surface area contributed by atoms with Crippen molar-refractivity contribution >= 4 is 17.7 Å². The number of carbonyl (C=O) groups is 1. The molecule has 0 bridgehead atoms. The number of aromatic nitrogens is 3. The summed E-state index contributed by atoms with van der Waals surface area (Å²) in [6.45, 7) is 0. The molecule has 0 spiro atoms. The fraction of sp³-hybridized carbons (Fsp3) is 0.100. The second-order valence-corrected chi connectivity index (χ2v) is 4.14. The van der Waals surface area contributed by atoms with Crippen LogP contribution in [0.2, 0.25) is 0 Å². The van der Waals surface area contributed by atoms with E-state index in [1.807, 2.05) is 0 Å². The first-order chi connectivity index (χ1) is 8.16. The minimum atomic E-state index is -0.452. The summed E-state index contributed by atoms with van der Waals surface area (Å²) in [5.74, 6) is -0.411. The highest BCUT2D eigenvalue weighted by atomic mass is 32.2. The molecular formula is C10H9FN4OS. The number of carbonyl (C=O) groups excluding carboxylic acids is 1. The molecule has 0 aliphatic carbocycles. The predicted molar refractivity (Wildman–Crippen MR) is 61.7 cm³/mol. The Bertz CT molecular complexity index is 543. The van der Waals surface area contributed by atoms with Crippen molar-refractivity contribution in [1.82, 2.24) is 15.2 Å². The van der Waals surface area contributed by atoms with Gasteiger partial charge in [0.25, 0.3) is 0 Å². The Morgan fingerprint density at radius 1 is 1.47 bits per heavy atom. The summed E-state index contributed by atoms with van der Waals surface area (Å²) in [6, 6.07) is 6.24. The molecule has 88 valence electrons. The molecule has 3 N–H and O–H groups in total. The third kappa shape index (κ3) is 2.82. The molecule has 1 aromatic carbocycles. The Morgan fingerprint density at radius 2 is 2.24 bits per heavy atom. The van der Waals surface area contributed by atoms with Crippen LogP contribution in [0.15, 0.2) is 29.4 Å². The molecule has 0 aliphatic heterocycles. The summed E-state index contributed by atoms with van der Waals surface area (Å²) in [4.78, 5) is 14.6. The maximum Gasteiger partial charge on any atom is 0.227 e. The van der Waals surface area contributed by atoms with Gasteiger partial charge in [0.1, 0.15) is 5.82 Å². The smallest absolute Gasteiger partial charge is 0.227 e. The second-order valence-electron chi connectivity index (χ2n) is 3.20. The SMILES string of the molecule is NC(=O)CSc1n[nH]c(-c2ccccc2F)n1. The first kappa shape index (κ1) is 11.6. The zero-order valence-corrected chi connectivity index (χ0v) is 9.50. The van der Waals surface area contributed by atoms with Gasteiger partial charge in [-0.05, 0) is 12.1 Å². The molecule has 0 fully saturated rings. The number of nitrogens with two attached hydrogens (primary N) is 1. The number of rotatable bonds is 4. The van der Waals surface area contributed by atoms with Crippen molar-refractivity contribution in [2.45, 2.75) is 5.16 Å². The van der Waals surface area contributed by atoms with E-state index in [1.165, 1.54) is 6.07 Å². The van der Waals surface area contributed by atoms with Crippen LogP contribution in [0.1, 0.15) is 0 Å². The molecule has 17 heavy (non-hydrogen) atoms. The van der Waals surface area contributed by atoms with Crippen LogP contribution in [0.3, 0.4) is 0 Å². The lowest BCUT2D eigenvalue weighted by Crippen LogP contribution is -2.13. The van der Waals surface area contributed by atoms with Gasteiger partial charge in [-0.15, -0.1) is 5.10 Å². The standard InChI is InChI=1S/C10H9FN4OS/c11-7-4-2-1-3-6(7)9-13-10(15-14-9)17-5-8(12)16/h1-4H,5H2,(H2,12,16)(H,13,14,15).